The number of carbonyl (C=O) groups is 3. The molecule has 4 rings (SSSR count). The Morgan fingerprint density at radius 3 is 2.32 bits per heavy atom. The van der Waals surface area contributed by atoms with Gasteiger partial charge in [0.2, 0.25) is 11.8 Å². The van der Waals surface area contributed by atoms with Gasteiger partial charge in [-0.15, -0.1) is 11.3 Å². The van der Waals surface area contributed by atoms with E-state index in [0.717, 1.165) is 30.6 Å². The first-order valence-corrected chi connectivity index (χ1v) is 13.9. The number of benzene rings is 2. The number of anilines is 1. The van der Waals surface area contributed by atoms with Crippen LogP contribution in [0.2, 0.25) is 0 Å². The summed E-state index contributed by atoms with van der Waals surface area (Å²) in [5.41, 5.74) is 1.57. The molecule has 0 spiro atoms. The summed E-state index contributed by atoms with van der Waals surface area (Å²) in [7, 11) is 1.32. The highest BCUT2D eigenvalue weighted by Gasteiger charge is 2.34. The fourth-order valence-corrected chi connectivity index (χ4v) is 5.51. The summed E-state index contributed by atoms with van der Waals surface area (Å²) in [6.07, 6.45) is 5.34. The zero-order chi connectivity index (χ0) is 26.9. The number of amides is 2. The summed E-state index contributed by atoms with van der Waals surface area (Å²) in [6.45, 7) is 2.44. The van der Waals surface area contributed by atoms with Gasteiger partial charge in [0.15, 0.2) is 0 Å². The van der Waals surface area contributed by atoms with E-state index in [2.05, 4.69) is 5.32 Å². The first-order chi connectivity index (χ1) is 18.5. The van der Waals surface area contributed by atoms with Gasteiger partial charge in [-0.1, -0.05) is 37.5 Å². The summed E-state index contributed by atoms with van der Waals surface area (Å²) in [5, 5.41) is 5.15. The van der Waals surface area contributed by atoms with Crippen LogP contribution in [0.4, 0.5) is 5.69 Å². The highest BCUT2D eigenvalue weighted by molar-refractivity contribution is 7.10. The van der Waals surface area contributed by atoms with Crippen molar-refractivity contribution in [2.75, 3.05) is 18.6 Å². The maximum atomic E-state index is 14.0. The summed E-state index contributed by atoms with van der Waals surface area (Å²) >= 11 is 1.50. The van der Waals surface area contributed by atoms with E-state index in [1.54, 1.807) is 29.2 Å². The van der Waals surface area contributed by atoms with Crippen LogP contribution in [0.5, 0.6) is 5.75 Å². The van der Waals surface area contributed by atoms with Gasteiger partial charge in [-0.2, -0.15) is 0 Å². The van der Waals surface area contributed by atoms with Crippen LogP contribution in [0.15, 0.2) is 66.0 Å². The molecule has 1 aliphatic rings. The monoisotopic (exact) mass is 534 g/mol. The molecule has 8 heteroatoms. The van der Waals surface area contributed by atoms with Crippen LogP contribution in [-0.2, 0) is 20.7 Å². The summed E-state index contributed by atoms with van der Waals surface area (Å²) in [5.74, 6) is -0.207. The van der Waals surface area contributed by atoms with Crippen molar-refractivity contribution < 1.29 is 23.9 Å². The molecule has 3 aromatic rings. The van der Waals surface area contributed by atoms with E-state index in [1.807, 2.05) is 48.7 Å². The number of ether oxygens (including phenoxy) is 2. The van der Waals surface area contributed by atoms with Crippen LogP contribution in [-0.4, -0.2) is 37.5 Å². The molecule has 1 saturated carbocycles. The third-order valence-electron chi connectivity index (χ3n) is 6.71. The number of esters is 1. The van der Waals surface area contributed by atoms with Gasteiger partial charge in [0.25, 0.3) is 0 Å². The minimum atomic E-state index is -0.899. The number of rotatable bonds is 10. The van der Waals surface area contributed by atoms with Crippen molar-refractivity contribution in [1.29, 1.82) is 0 Å². The quantitative estimate of drug-likeness (QED) is 0.337. The molecule has 7 nitrogen and oxygen atoms in total. The van der Waals surface area contributed by atoms with E-state index in [0.29, 0.717) is 29.2 Å². The molecule has 1 fully saturated rings. The Balaban J connectivity index is 1.75. The van der Waals surface area contributed by atoms with Crippen LogP contribution in [0.25, 0.3) is 0 Å². The highest BCUT2D eigenvalue weighted by Crippen LogP contribution is 2.31. The number of thiophene rings is 1. The molecule has 0 bridgehead atoms. The average Bonchev–Trinajstić information content (AvgIpc) is 3.45. The van der Waals surface area contributed by atoms with Gasteiger partial charge in [-0.3, -0.25) is 14.5 Å². The van der Waals surface area contributed by atoms with Gasteiger partial charge in [-0.05, 0) is 73.2 Å². The Bertz CT molecular complexity index is 1200. The van der Waals surface area contributed by atoms with Gasteiger partial charge >= 0.3 is 5.97 Å². The van der Waals surface area contributed by atoms with Crippen molar-refractivity contribution in [2.24, 2.45) is 0 Å². The Kier molecular flexibility index (Phi) is 9.54. The second-order valence-corrected chi connectivity index (χ2v) is 10.3. The lowest BCUT2D eigenvalue weighted by Gasteiger charge is -2.33. The number of hydrogen-bond acceptors (Lipinski definition) is 6. The molecule has 0 aliphatic heterocycles. The molecular weight excluding hydrogens is 500 g/mol. The zero-order valence-electron chi connectivity index (χ0n) is 21.9. The van der Waals surface area contributed by atoms with E-state index in [9.17, 15) is 14.4 Å². The van der Waals surface area contributed by atoms with Crippen molar-refractivity contribution in [3.63, 3.8) is 0 Å². The summed E-state index contributed by atoms with van der Waals surface area (Å²) in [6, 6.07) is 16.9. The van der Waals surface area contributed by atoms with E-state index < -0.39 is 12.0 Å². The average molecular weight is 535 g/mol. The van der Waals surface area contributed by atoms with Crippen LogP contribution < -0.4 is 15.0 Å². The number of hydrogen-bond donors (Lipinski definition) is 1. The molecule has 1 aromatic heterocycles. The van der Waals surface area contributed by atoms with Gasteiger partial charge in [-0.25, -0.2) is 4.79 Å². The van der Waals surface area contributed by atoms with E-state index in [1.165, 1.54) is 24.9 Å². The number of nitrogens with one attached hydrogen (secondary N) is 1. The molecule has 38 heavy (non-hydrogen) atoms. The SMILES string of the molecule is CCOc1ccc([C@@H](C(=O)NC2CCCCC2)N(C(=O)Cc2cccs2)c2ccc(C(=O)OC)cc2)cc1. The fourth-order valence-electron chi connectivity index (χ4n) is 4.82. The lowest BCUT2D eigenvalue weighted by molar-refractivity contribution is -0.127. The zero-order valence-corrected chi connectivity index (χ0v) is 22.7. The van der Waals surface area contributed by atoms with Crippen LogP contribution in [0.1, 0.15) is 65.9 Å². The molecule has 1 N–H and O–H groups in total. The predicted octanol–water partition coefficient (Wildman–Crippen LogP) is 5.70. The second-order valence-electron chi connectivity index (χ2n) is 9.31. The van der Waals surface area contributed by atoms with Gasteiger partial charge in [0, 0.05) is 16.6 Å². The van der Waals surface area contributed by atoms with Gasteiger partial charge in [0.05, 0.1) is 25.7 Å². The standard InChI is InChI=1S/C30H34N2O5S/c1-3-37-25-17-13-21(14-18-25)28(29(34)31-23-8-5-4-6-9-23)32(27(33)20-26-10-7-19-38-26)24-15-11-22(12-16-24)30(35)36-2/h7,10-19,23,28H,3-6,8-9,20H2,1-2H3,(H,31,34)/t28-/m0/s1. The Morgan fingerprint density at radius 2 is 1.71 bits per heavy atom. The minimum absolute atomic E-state index is 0.0809. The van der Waals surface area contributed by atoms with Gasteiger partial charge < -0.3 is 14.8 Å². The first kappa shape index (κ1) is 27.4. The van der Waals surface area contributed by atoms with Crippen molar-refractivity contribution in [3.8, 4) is 5.75 Å². The molecule has 1 aliphatic carbocycles. The number of nitrogens with zero attached hydrogens (tertiary/aromatic N) is 1. The van der Waals surface area contributed by atoms with Crippen LogP contribution in [0, 0.1) is 0 Å². The number of methoxy groups -OCH3 is 1. The molecule has 1 atom stereocenters. The summed E-state index contributed by atoms with van der Waals surface area (Å²) < 4.78 is 10.4. The predicted molar refractivity (Wildman–Crippen MR) is 149 cm³/mol. The van der Waals surface area contributed by atoms with Crippen molar-refractivity contribution in [3.05, 3.63) is 82.0 Å². The molecule has 1 heterocycles. The highest BCUT2D eigenvalue weighted by atomic mass is 32.1. The largest absolute Gasteiger partial charge is 0.494 e. The smallest absolute Gasteiger partial charge is 0.337 e. The van der Waals surface area contributed by atoms with E-state index in [-0.39, 0.29) is 24.3 Å². The van der Waals surface area contributed by atoms with Crippen molar-refractivity contribution in [1.82, 2.24) is 5.32 Å². The Morgan fingerprint density at radius 1 is 1.00 bits per heavy atom. The molecule has 0 radical (unpaired) electrons. The molecule has 0 unspecified atom stereocenters. The third-order valence-corrected chi connectivity index (χ3v) is 7.58. The van der Waals surface area contributed by atoms with Crippen molar-refractivity contribution in [2.45, 2.75) is 57.5 Å². The molecule has 2 amide bonds. The summed E-state index contributed by atoms with van der Waals surface area (Å²) in [4.78, 5) is 42.4. The molecule has 200 valence electrons. The lowest BCUT2D eigenvalue weighted by Crippen LogP contribution is -2.47. The third kappa shape index (κ3) is 6.81. The first-order valence-electron chi connectivity index (χ1n) is 13.1. The number of carbonyl (C=O) groups excluding carboxylic acids is 3. The van der Waals surface area contributed by atoms with E-state index in [4.69, 9.17) is 9.47 Å². The lowest BCUT2D eigenvalue weighted by atomic mass is 9.94. The molecule has 2 aromatic carbocycles. The molecule has 0 saturated heterocycles. The maximum Gasteiger partial charge on any atom is 0.337 e. The topological polar surface area (TPSA) is 84.9 Å². The molecular formula is C30H34N2O5S. The van der Waals surface area contributed by atoms with Crippen molar-refractivity contribution >= 4 is 34.8 Å². The normalized spacial score (nSPS) is 14.4. The maximum absolute atomic E-state index is 14.0. The minimum Gasteiger partial charge on any atom is -0.494 e. The fraction of sp³-hybridized carbons (Fsp3) is 0.367. The van der Waals surface area contributed by atoms with Crippen LogP contribution >= 0.6 is 11.3 Å². The van der Waals surface area contributed by atoms with Crippen LogP contribution in [0.3, 0.4) is 0 Å². The second kappa shape index (κ2) is 13.2. The van der Waals surface area contributed by atoms with Gasteiger partial charge in [0.1, 0.15) is 11.8 Å². The Labute approximate surface area is 227 Å². The van der Waals surface area contributed by atoms with E-state index >= 15 is 0 Å². The Hall–Kier alpha value is -3.65.